The minimum Gasteiger partial charge on any atom is -0.680 e. The summed E-state index contributed by atoms with van der Waals surface area (Å²) in [5, 5.41) is 8.18. The standard InChI is InChI=1S/2C12H11O2S.Fe/c2*13-12(11-3-1-2-4-11)14-7-5-10-6-8-15-9-10;/h2*1-4,6,8-9H,5,7H2;/q-5;-1;. The molecular weight excluding hydrogens is 472 g/mol. The van der Waals surface area contributed by atoms with Gasteiger partial charge in [0, 0.05) is 29.9 Å². The SMILES string of the molecule is O=C(OCCc1ccsc1)[c-]1[cH-][cH-][cH-][cH-]1.O=C(OCCc1ccsc1)[c-]1cccc1.[Fe]. The Balaban J connectivity index is 0.000000213. The number of thiophene rings is 2. The second-order valence-corrected chi connectivity index (χ2v) is 7.94. The molecule has 0 saturated heterocycles. The normalized spacial score (nSPS) is 9.81. The van der Waals surface area contributed by atoms with Crippen LogP contribution in [-0.4, -0.2) is 25.2 Å². The van der Waals surface area contributed by atoms with Crippen LogP contribution < -0.4 is 0 Å². The van der Waals surface area contributed by atoms with Gasteiger partial charge in [-0.25, -0.2) is 12.1 Å². The molecule has 0 bridgehead atoms. The molecule has 0 saturated carbocycles. The van der Waals surface area contributed by atoms with Crippen LogP contribution in [0, 0.1) is 0 Å². The van der Waals surface area contributed by atoms with E-state index in [-0.39, 0.29) is 29.0 Å². The van der Waals surface area contributed by atoms with Gasteiger partial charge in [0.15, 0.2) is 0 Å². The van der Waals surface area contributed by atoms with E-state index in [1.165, 1.54) is 11.1 Å². The fourth-order valence-corrected chi connectivity index (χ4v) is 3.99. The molecule has 2 aromatic heterocycles. The fraction of sp³-hybridized carbons (Fsp3) is 0.167. The van der Waals surface area contributed by atoms with Crippen LogP contribution >= 0.6 is 22.7 Å². The van der Waals surface area contributed by atoms with Crippen molar-refractivity contribution in [1.82, 2.24) is 0 Å². The summed E-state index contributed by atoms with van der Waals surface area (Å²) >= 11 is 3.31. The first kappa shape index (κ1) is 24.8. The summed E-state index contributed by atoms with van der Waals surface area (Å²) in [6.45, 7) is 0.890. The van der Waals surface area contributed by atoms with Gasteiger partial charge in [0.2, 0.25) is 0 Å². The van der Waals surface area contributed by atoms with Gasteiger partial charge in [0.05, 0.1) is 13.2 Å². The molecule has 0 aliphatic rings. The average Bonchev–Trinajstić information content (AvgIpc) is 3.57. The predicted molar refractivity (Wildman–Crippen MR) is 121 cm³/mol. The molecule has 0 atom stereocenters. The number of hydrogen-bond donors (Lipinski definition) is 0. The molecule has 0 unspecified atom stereocenters. The third kappa shape index (κ3) is 8.67. The van der Waals surface area contributed by atoms with Gasteiger partial charge in [-0.2, -0.15) is 34.8 Å². The van der Waals surface area contributed by atoms with Gasteiger partial charge in [-0.15, -0.1) is 0 Å². The molecule has 2 aromatic carbocycles. The Morgan fingerprint density at radius 2 is 1.35 bits per heavy atom. The smallest absolute Gasteiger partial charge is 0.281 e. The van der Waals surface area contributed by atoms with Crippen LogP contribution in [0.15, 0.2) is 82.2 Å². The largest absolute Gasteiger partial charge is 0.680 e. The third-order valence-corrected chi connectivity index (χ3v) is 5.67. The summed E-state index contributed by atoms with van der Waals surface area (Å²) in [5.74, 6) is -0.481. The molecule has 4 nitrogen and oxygen atoms in total. The first-order valence-corrected chi connectivity index (χ1v) is 11.4. The van der Waals surface area contributed by atoms with Gasteiger partial charge in [-0.3, -0.25) is 4.79 Å². The van der Waals surface area contributed by atoms with Crippen molar-refractivity contribution in [2.24, 2.45) is 0 Å². The molecule has 0 radical (unpaired) electrons. The molecule has 168 valence electrons. The molecule has 2 heterocycles. The van der Waals surface area contributed by atoms with Crippen LogP contribution in [0.2, 0.25) is 0 Å². The molecule has 31 heavy (non-hydrogen) atoms. The maximum absolute atomic E-state index is 11.4. The van der Waals surface area contributed by atoms with Crippen molar-refractivity contribution in [1.29, 1.82) is 0 Å². The Labute approximate surface area is 200 Å². The summed E-state index contributed by atoms with van der Waals surface area (Å²) in [7, 11) is 0. The van der Waals surface area contributed by atoms with E-state index >= 15 is 0 Å². The first-order valence-electron chi connectivity index (χ1n) is 9.52. The van der Waals surface area contributed by atoms with E-state index in [9.17, 15) is 9.59 Å². The molecule has 0 aliphatic heterocycles. The molecular formula is C24H22FeO4S2-6. The molecule has 4 rings (SSSR count). The van der Waals surface area contributed by atoms with E-state index in [1.54, 1.807) is 46.9 Å². The predicted octanol–water partition coefficient (Wildman–Crippen LogP) is 5.73. The Bertz CT molecular complexity index is 890. The third-order valence-electron chi connectivity index (χ3n) is 4.20. The summed E-state index contributed by atoms with van der Waals surface area (Å²) in [4.78, 5) is 22.8. The molecule has 4 aromatic rings. The monoisotopic (exact) mass is 494 g/mol. The van der Waals surface area contributed by atoms with Crippen molar-refractivity contribution in [2.45, 2.75) is 12.8 Å². The topological polar surface area (TPSA) is 52.6 Å². The van der Waals surface area contributed by atoms with E-state index in [0.717, 1.165) is 12.8 Å². The molecule has 0 N–H and O–H groups in total. The van der Waals surface area contributed by atoms with Crippen molar-refractivity contribution in [3.05, 3.63) is 104 Å². The van der Waals surface area contributed by atoms with Crippen molar-refractivity contribution in [3.63, 3.8) is 0 Å². The van der Waals surface area contributed by atoms with Gasteiger partial charge >= 0.3 is 0 Å². The number of carbonyl (C=O) groups is 2. The second kappa shape index (κ2) is 13.8. The first-order chi connectivity index (χ1) is 14.7. The molecule has 0 fully saturated rings. The van der Waals surface area contributed by atoms with E-state index < -0.39 is 0 Å². The fourth-order valence-electron chi connectivity index (χ4n) is 2.58. The molecule has 7 heteroatoms. The summed E-state index contributed by atoms with van der Waals surface area (Å²) in [6, 6.07) is 18.4. The zero-order valence-electron chi connectivity index (χ0n) is 16.7. The zero-order chi connectivity index (χ0) is 21.0. The molecule has 0 aliphatic carbocycles. The summed E-state index contributed by atoms with van der Waals surface area (Å²) in [5.41, 5.74) is 3.69. The average molecular weight is 494 g/mol. The van der Waals surface area contributed by atoms with Crippen LogP contribution in [-0.2, 0) is 39.4 Å². The van der Waals surface area contributed by atoms with E-state index in [1.807, 2.05) is 47.2 Å². The van der Waals surface area contributed by atoms with Crippen molar-refractivity contribution in [2.75, 3.05) is 13.2 Å². The maximum atomic E-state index is 11.4. The minimum atomic E-state index is -0.241. The molecule has 0 amide bonds. The van der Waals surface area contributed by atoms with Crippen LogP contribution in [0.4, 0.5) is 0 Å². The van der Waals surface area contributed by atoms with E-state index in [0.29, 0.717) is 24.3 Å². The number of hydrogen-bond acceptors (Lipinski definition) is 6. The Kier molecular flexibility index (Phi) is 11.0. The second-order valence-electron chi connectivity index (χ2n) is 6.38. The number of ether oxygens (including phenoxy) is 2. The van der Waals surface area contributed by atoms with Crippen LogP contribution in [0.25, 0.3) is 0 Å². The van der Waals surface area contributed by atoms with E-state index in [2.05, 4.69) is 10.8 Å². The molecule has 0 spiro atoms. The van der Waals surface area contributed by atoms with Crippen molar-refractivity contribution in [3.8, 4) is 0 Å². The maximum Gasteiger partial charge on any atom is 0.281 e. The quantitative estimate of drug-likeness (QED) is 0.178. The zero-order valence-corrected chi connectivity index (χ0v) is 19.5. The van der Waals surface area contributed by atoms with Crippen molar-refractivity contribution < 1.29 is 36.1 Å². The number of carbonyl (C=O) groups excluding carboxylic acids is 2. The van der Waals surface area contributed by atoms with Gasteiger partial charge < -0.3 is 44.1 Å². The van der Waals surface area contributed by atoms with Crippen LogP contribution in [0.3, 0.4) is 0 Å². The Morgan fingerprint density at radius 3 is 1.84 bits per heavy atom. The van der Waals surface area contributed by atoms with Crippen molar-refractivity contribution >= 4 is 34.6 Å². The van der Waals surface area contributed by atoms with Gasteiger partial charge in [-0.05, 0) is 44.8 Å². The number of esters is 2. The Hall–Kier alpha value is -2.44. The minimum absolute atomic E-state index is 0. The number of rotatable bonds is 8. The van der Waals surface area contributed by atoms with E-state index in [4.69, 9.17) is 9.47 Å². The van der Waals surface area contributed by atoms with Crippen LogP contribution in [0.5, 0.6) is 0 Å². The van der Waals surface area contributed by atoms with Gasteiger partial charge in [-0.1, -0.05) is 11.5 Å². The van der Waals surface area contributed by atoms with Gasteiger partial charge in [0.25, 0.3) is 5.97 Å². The summed E-state index contributed by atoms with van der Waals surface area (Å²) in [6.07, 6.45) is 1.58. The van der Waals surface area contributed by atoms with Gasteiger partial charge in [0.1, 0.15) is 0 Å². The summed E-state index contributed by atoms with van der Waals surface area (Å²) < 4.78 is 10.3. The Morgan fingerprint density at radius 1 is 0.839 bits per heavy atom. The van der Waals surface area contributed by atoms with Crippen LogP contribution in [0.1, 0.15) is 31.8 Å².